The zero-order chi connectivity index (χ0) is 17.4. The maximum Gasteiger partial charge on any atom is 0.371 e. The molecule has 1 heterocycles. The Morgan fingerprint density at radius 3 is 1.77 bits per heavy atom. The van der Waals surface area contributed by atoms with Gasteiger partial charge in [-0.2, -0.15) is 0 Å². The molecule has 0 aromatic heterocycles. The third-order valence-corrected chi connectivity index (χ3v) is 7.37. The lowest BCUT2D eigenvalue weighted by Gasteiger charge is -2.33. The fourth-order valence-corrected chi connectivity index (χ4v) is 4.26. The van der Waals surface area contributed by atoms with E-state index in [1.807, 2.05) is 0 Å². The molecule has 12 nitrogen and oxygen atoms in total. The van der Waals surface area contributed by atoms with Gasteiger partial charge in [0.15, 0.2) is 0 Å². The highest BCUT2D eigenvalue weighted by Gasteiger charge is 2.60. The summed E-state index contributed by atoms with van der Waals surface area (Å²) in [5, 5.41) is 6.18. The molecule has 1 aliphatic rings. The SMILES string of the molecule is O=P(O)(O)CCN1C=CN(CC(O)(P(=O)(O)O)P(=O)(O)O)C1. The summed E-state index contributed by atoms with van der Waals surface area (Å²) in [6.07, 6.45) is 2.04. The highest BCUT2D eigenvalue weighted by molar-refractivity contribution is 7.72. The molecule has 130 valence electrons. The predicted octanol–water partition coefficient (Wildman–Crippen LogP) is -1.79. The minimum Gasteiger partial charge on any atom is -0.366 e. The summed E-state index contributed by atoms with van der Waals surface area (Å²) < 4.78 is 33.2. The number of nitrogens with zero attached hydrogens (tertiary/aromatic N) is 2. The predicted molar refractivity (Wildman–Crippen MR) is 73.4 cm³/mol. The number of hydrogen-bond acceptors (Lipinski definition) is 6. The molecule has 7 N–H and O–H groups in total. The van der Waals surface area contributed by atoms with Crippen molar-refractivity contribution in [3.05, 3.63) is 12.4 Å². The summed E-state index contributed by atoms with van der Waals surface area (Å²) in [6, 6.07) is 0. The van der Waals surface area contributed by atoms with Crippen LogP contribution in [0.1, 0.15) is 0 Å². The summed E-state index contributed by atoms with van der Waals surface area (Å²) in [5.74, 6) is 0. The van der Waals surface area contributed by atoms with Gasteiger partial charge in [-0.15, -0.1) is 0 Å². The molecule has 0 unspecified atom stereocenters. The third-order valence-electron chi connectivity index (χ3n) is 2.88. The van der Waals surface area contributed by atoms with Crippen LogP contribution in [0.3, 0.4) is 0 Å². The molecule has 0 amide bonds. The summed E-state index contributed by atoms with van der Waals surface area (Å²) in [6.45, 7) is -1.28. The van der Waals surface area contributed by atoms with Gasteiger partial charge in [-0.05, 0) is 0 Å². The molecular formula is C7H17N2O10P3. The van der Waals surface area contributed by atoms with E-state index in [9.17, 15) is 18.8 Å². The Kier molecular flexibility index (Phi) is 5.70. The Bertz CT molecular complexity index is 553. The second-order valence-corrected chi connectivity index (χ2v) is 10.5. The van der Waals surface area contributed by atoms with Gasteiger partial charge in [0.05, 0.1) is 19.4 Å². The molecular weight excluding hydrogens is 365 g/mol. The highest BCUT2D eigenvalue weighted by Crippen LogP contribution is 2.67. The molecule has 0 radical (unpaired) electrons. The largest absolute Gasteiger partial charge is 0.371 e. The topological polar surface area (TPSA) is 199 Å². The van der Waals surface area contributed by atoms with Crippen molar-refractivity contribution in [1.29, 1.82) is 0 Å². The second-order valence-electron chi connectivity index (χ2n) is 4.75. The van der Waals surface area contributed by atoms with Crippen molar-refractivity contribution in [1.82, 2.24) is 9.80 Å². The van der Waals surface area contributed by atoms with Gasteiger partial charge in [0.1, 0.15) is 0 Å². The van der Waals surface area contributed by atoms with Crippen LogP contribution in [0.15, 0.2) is 12.4 Å². The first-order chi connectivity index (χ1) is 9.66. The van der Waals surface area contributed by atoms with E-state index < -0.39 is 40.6 Å². The molecule has 22 heavy (non-hydrogen) atoms. The van der Waals surface area contributed by atoms with Crippen molar-refractivity contribution in [3.8, 4) is 0 Å². The average Bonchev–Trinajstić information content (AvgIpc) is 2.70. The van der Waals surface area contributed by atoms with Gasteiger partial charge in [0.25, 0.3) is 5.08 Å². The second kappa shape index (κ2) is 6.33. The third kappa shape index (κ3) is 4.87. The molecule has 0 spiro atoms. The molecule has 0 saturated heterocycles. The van der Waals surface area contributed by atoms with Gasteiger partial charge < -0.3 is 44.3 Å². The van der Waals surface area contributed by atoms with Crippen LogP contribution in [0, 0.1) is 0 Å². The molecule has 0 aromatic carbocycles. The minimum atomic E-state index is -5.55. The molecule has 0 atom stereocenters. The number of β-amino-alcohol motifs (C(OH)–C–C–N with tert-alkyl or cyclic N) is 1. The standard InChI is InChI=1S/C7H17N2O10P3/c10-7(21(14,15)16,22(17,18)19)5-9-2-1-8(6-9)3-4-20(11,12)13/h1-2,10H,3-6H2,(H2,11,12,13)(H2,14,15,16)(H2,17,18,19). The van der Waals surface area contributed by atoms with E-state index in [2.05, 4.69) is 0 Å². The van der Waals surface area contributed by atoms with E-state index in [1.165, 1.54) is 17.3 Å². The van der Waals surface area contributed by atoms with Crippen LogP contribution in [0.2, 0.25) is 0 Å². The minimum absolute atomic E-state index is 0.0818. The van der Waals surface area contributed by atoms with Crippen molar-refractivity contribution in [2.45, 2.75) is 5.08 Å². The Hall–Kier alpha value is -0.250. The van der Waals surface area contributed by atoms with Gasteiger partial charge >= 0.3 is 22.8 Å². The van der Waals surface area contributed by atoms with Crippen LogP contribution in [-0.4, -0.2) is 75.3 Å². The Morgan fingerprint density at radius 1 is 0.909 bits per heavy atom. The lowest BCUT2D eigenvalue weighted by Crippen LogP contribution is -2.42. The van der Waals surface area contributed by atoms with E-state index in [0.717, 1.165) is 4.90 Å². The van der Waals surface area contributed by atoms with E-state index in [4.69, 9.17) is 29.4 Å². The van der Waals surface area contributed by atoms with E-state index >= 15 is 0 Å². The summed E-state index contributed by atoms with van der Waals surface area (Å²) in [4.78, 5) is 55.9. The quantitative estimate of drug-likeness (QED) is 0.244. The zero-order valence-electron chi connectivity index (χ0n) is 11.1. The summed E-state index contributed by atoms with van der Waals surface area (Å²) in [7, 11) is -15.3. The smallest absolute Gasteiger partial charge is 0.366 e. The van der Waals surface area contributed by atoms with Crippen LogP contribution in [0.4, 0.5) is 0 Å². The van der Waals surface area contributed by atoms with E-state index in [0.29, 0.717) is 0 Å². The average molecular weight is 382 g/mol. The van der Waals surface area contributed by atoms with E-state index in [1.54, 1.807) is 0 Å². The molecule has 0 aromatic rings. The number of hydrogen-bond donors (Lipinski definition) is 7. The number of rotatable bonds is 7. The molecule has 15 heteroatoms. The van der Waals surface area contributed by atoms with E-state index in [-0.39, 0.29) is 13.2 Å². The van der Waals surface area contributed by atoms with Crippen molar-refractivity contribution in [3.63, 3.8) is 0 Å². The van der Waals surface area contributed by atoms with Crippen LogP contribution >= 0.6 is 22.8 Å². The van der Waals surface area contributed by atoms with Crippen molar-refractivity contribution in [2.75, 3.05) is 25.9 Å². The molecule has 0 fully saturated rings. The Labute approximate surface area is 125 Å². The fourth-order valence-electron chi connectivity index (χ4n) is 1.65. The summed E-state index contributed by atoms with van der Waals surface area (Å²) in [5.41, 5.74) is 0. The molecule has 0 aliphatic carbocycles. The maximum atomic E-state index is 11.2. The van der Waals surface area contributed by atoms with Gasteiger partial charge in [0, 0.05) is 18.9 Å². The number of aliphatic hydroxyl groups is 1. The molecule has 0 bridgehead atoms. The first kappa shape index (κ1) is 19.8. The first-order valence-corrected chi connectivity index (χ1v) is 10.7. The van der Waals surface area contributed by atoms with Gasteiger partial charge in [-0.3, -0.25) is 13.7 Å². The van der Waals surface area contributed by atoms with Crippen molar-refractivity contribution in [2.24, 2.45) is 0 Å². The first-order valence-electron chi connectivity index (χ1n) is 5.70. The monoisotopic (exact) mass is 382 g/mol. The van der Waals surface area contributed by atoms with Crippen LogP contribution in [0.5, 0.6) is 0 Å². The Morgan fingerprint density at radius 2 is 1.36 bits per heavy atom. The molecule has 1 aliphatic heterocycles. The highest BCUT2D eigenvalue weighted by atomic mass is 31.2. The summed E-state index contributed by atoms with van der Waals surface area (Å²) >= 11 is 0. The molecule has 1 rings (SSSR count). The van der Waals surface area contributed by atoms with Gasteiger partial charge in [-0.1, -0.05) is 0 Å². The van der Waals surface area contributed by atoms with Crippen molar-refractivity contribution >= 4 is 22.8 Å². The van der Waals surface area contributed by atoms with Crippen LogP contribution < -0.4 is 0 Å². The van der Waals surface area contributed by atoms with Crippen LogP contribution in [0.25, 0.3) is 0 Å². The normalized spacial score (nSPS) is 17.4. The fraction of sp³-hybridized carbons (Fsp3) is 0.714. The molecule has 0 saturated carbocycles. The lowest BCUT2D eigenvalue weighted by atomic mass is 10.6. The van der Waals surface area contributed by atoms with Crippen molar-refractivity contribution < 1.29 is 48.2 Å². The lowest BCUT2D eigenvalue weighted by molar-refractivity contribution is 0.0960. The van der Waals surface area contributed by atoms with Gasteiger partial charge in [0.2, 0.25) is 0 Å². The Balaban J connectivity index is 2.76. The zero-order valence-corrected chi connectivity index (χ0v) is 13.8. The van der Waals surface area contributed by atoms with Gasteiger partial charge in [-0.25, -0.2) is 0 Å². The maximum absolute atomic E-state index is 11.2. The van der Waals surface area contributed by atoms with Crippen LogP contribution in [-0.2, 0) is 13.7 Å².